The minimum Gasteiger partial charge on any atom is -0.508 e. The van der Waals surface area contributed by atoms with E-state index in [1.807, 2.05) is 13.0 Å². The maximum atomic E-state index is 9.46. The van der Waals surface area contributed by atoms with Gasteiger partial charge in [-0.2, -0.15) is 0 Å². The first kappa shape index (κ1) is 10.6. The normalized spacial score (nSPS) is 20.2. The summed E-state index contributed by atoms with van der Waals surface area (Å²) in [6.07, 6.45) is 1.23. The summed E-state index contributed by atoms with van der Waals surface area (Å²) in [6.45, 7) is 5.26. The summed E-state index contributed by atoms with van der Waals surface area (Å²) in [5.41, 5.74) is 2.00. The Morgan fingerprint density at radius 1 is 1.53 bits per heavy atom. The fourth-order valence-corrected chi connectivity index (χ4v) is 2.60. The molecule has 1 fully saturated rings. The van der Waals surface area contributed by atoms with Crippen molar-refractivity contribution in [1.82, 2.24) is 14.9 Å². The number of imidazole rings is 1. The minimum absolute atomic E-state index is 0.282. The van der Waals surface area contributed by atoms with E-state index in [9.17, 15) is 5.11 Å². The molecule has 1 aliphatic heterocycles. The van der Waals surface area contributed by atoms with Crippen molar-refractivity contribution in [3.63, 3.8) is 0 Å². The molecule has 2 heterocycles. The largest absolute Gasteiger partial charge is 0.508 e. The Labute approximate surface area is 100 Å². The van der Waals surface area contributed by atoms with Crippen LogP contribution in [-0.4, -0.2) is 27.7 Å². The Balaban J connectivity index is 1.99. The average molecular weight is 231 g/mol. The zero-order valence-electron chi connectivity index (χ0n) is 9.98. The van der Waals surface area contributed by atoms with Crippen molar-refractivity contribution in [2.45, 2.75) is 19.9 Å². The molecular formula is C13H17N3O. The molecular weight excluding hydrogens is 214 g/mol. The van der Waals surface area contributed by atoms with E-state index in [4.69, 9.17) is 0 Å². The Morgan fingerprint density at radius 2 is 2.41 bits per heavy atom. The van der Waals surface area contributed by atoms with Gasteiger partial charge in [-0.1, -0.05) is 0 Å². The van der Waals surface area contributed by atoms with Crippen molar-refractivity contribution >= 4 is 11.0 Å². The van der Waals surface area contributed by atoms with Crippen LogP contribution < -0.4 is 5.32 Å². The third kappa shape index (κ3) is 1.89. The van der Waals surface area contributed by atoms with Crippen LogP contribution in [0, 0.1) is 12.8 Å². The summed E-state index contributed by atoms with van der Waals surface area (Å²) in [4.78, 5) is 4.50. The number of aryl methyl sites for hydroxylation is 1. The standard InChI is InChI=1S/C13H17N3O/c1-9-15-12-6-11(17)2-3-13(12)16(9)8-10-4-5-14-7-10/h2-3,6,10,14,17H,4-5,7-8H2,1H3. The van der Waals surface area contributed by atoms with Crippen molar-refractivity contribution in [2.75, 3.05) is 13.1 Å². The third-order valence-corrected chi connectivity index (χ3v) is 3.53. The van der Waals surface area contributed by atoms with Crippen molar-refractivity contribution in [3.05, 3.63) is 24.0 Å². The summed E-state index contributed by atoms with van der Waals surface area (Å²) in [6, 6.07) is 5.41. The summed E-state index contributed by atoms with van der Waals surface area (Å²) in [7, 11) is 0. The smallest absolute Gasteiger partial charge is 0.117 e. The van der Waals surface area contributed by atoms with Gasteiger partial charge in [0.2, 0.25) is 0 Å². The van der Waals surface area contributed by atoms with Crippen LogP contribution in [0.3, 0.4) is 0 Å². The molecule has 17 heavy (non-hydrogen) atoms. The molecule has 3 rings (SSSR count). The van der Waals surface area contributed by atoms with E-state index in [1.54, 1.807) is 12.1 Å². The molecule has 0 saturated carbocycles. The zero-order valence-corrected chi connectivity index (χ0v) is 9.98. The van der Waals surface area contributed by atoms with Gasteiger partial charge in [-0.3, -0.25) is 0 Å². The fraction of sp³-hybridized carbons (Fsp3) is 0.462. The molecule has 2 aromatic rings. The van der Waals surface area contributed by atoms with Crippen LogP contribution in [0.2, 0.25) is 0 Å². The Morgan fingerprint density at radius 3 is 3.18 bits per heavy atom. The van der Waals surface area contributed by atoms with Crippen molar-refractivity contribution < 1.29 is 5.11 Å². The van der Waals surface area contributed by atoms with Gasteiger partial charge in [0, 0.05) is 12.6 Å². The second-order valence-corrected chi connectivity index (χ2v) is 4.80. The maximum absolute atomic E-state index is 9.46. The lowest BCUT2D eigenvalue weighted by Gasteiger charge is -2.12. The van der Waals surface area contributed by atoms with E-state index >= 15 is 0 Å². The number of fused-ring (bicyclic) bond motifs is 1. The predicted octanol–water partition coefficient (Wildman–Crippen LogP) is 1.66. The number of hydrogen-bond donors (Lipinski definition) is 2. The van der Waals surface area contributed by atoms with Crippen molar-refractivity contribution in [3.8, 4) is 5.75 Å². The lowest BCUT2D eigenvalue weighted by atomic mass is 10.1. The lowest BCUT2D eigenvalue weighted by Crippen LogP contribution is -2.15. The molecule has 90 valence electrons. The Kier molecular flexibility index (Phi) is 2.52. The molecule has 1 saturated heterocycles. The predicted molar refractivity (Wildman–Crippen MR) is 67.1 cm³/mol. The number of phenolic OH excluding ortho intramolecular Hbond substituents is 1. The van der Waals surface area contributed by atoms with Gasteiger partial charge < -0.3 is 15.0 Å². The molecule has 4 heteroatoms. The van der Waals surface area contributed by atoms with Gasteiger partial charge in [0.25, 0.3) is 0 Å². The van der Waals surface area contributed by atoms with E-state index in [0.717, 1.165) is 36.5 Å². The van der Waals surface area contributed by atoms with Crippen LogP contribution in [0.1, 0.15) is 12.2 Å². The van der Waals surface area contributed by atoms with Crippen LogP contribution in [0.5, 0.6) is 5.75 Å². The van der Waals surface area contributed by atoms with E-state index in [1.165, 1.54) is 6.42 Å². The highest BCUT2D eigenvalue weighted by atomic mass is 16.3. The second-order valence-electron chi connectivity index (χ2n) is 4.80. The van der Waals surface area contributed by atoms with Crippen LogP contribution in [-0.2, 0) is 6.54 Å². The number of hydrogen-bond acceptors (Lipinski definition) is 3. The molecule has 1 aromatic heterocycles. The highest BCUT2D eigenvalue weighted by molar-refractivity contribution is 5.77. The second kappa shape index (κ2) is 4.04. The molecule has 4 nitrogen and oxygen atoms in total. The zero-order chi connectivity index (χ0) is 11.8. The van der Waals surface area contributed by atoms with Gasteiger partial charge in [-0.05, 0) is 44.5 Å². The molecule has 1 aromatic carbocycles. The first-order chi connectivity index (χ1) is 8.24. The van der Waals surface area contributed by atoms with Gasteiger partial charge in [0.1, 0.15) is 11.6 Å². The number of aromatic nitrogens is 2. The molecule has 1 atom stereocenters. The topological polar surface area (TPSA) is 50.1 Å². The number of rotatable bonds is 2. The number of aromatic hydroxyl groups is 1. The molecule has 2 N–H and O–H groups in total. The maximum Gasteiger partial charge on any atom is 0.117 e. The average Bonchev–Trinajstić information content (AvgIpc) is 2.88. The number of nitrogens with one attached hydrogen (secondary N) is 1. The third-order valence-electron chi connectivity index (χ3n) is 3.53. The van der Waals surface area contributed by atoms with Crippen LogP contribution in [0.4, 0.5) is 0 Å². The van der Waals surface area contributed by atoms with E-state index in [-0.39, 0.29) is 5.75 Å². The molecule has 0 aliphatic carbocycles. The van der Waals surface area contributed by atoms with Crippen LogP contribution in [0.15, 0.2) is 18.2 Å². The van der Waals surface area contributed by atoms with Gasteiger partial charge >= 0.3 is 0 Å². The monoisotopic (exact) mass is 231 g/mol. The van der Waals surface area contributed by atoms with Crippen molar-refractivity contribution in [1.29, 1.82) is 0 Å². The van der Waals surface area contributed by atoms with E-state index < -0.39 is 0 Å². The van der Waals surface area contributed by atoms with Gasteiger partial charge in [-0.25, -0.2) is 4.98 Å². The molecule has 1 unspecified atom stereocenters. The van der Waals surface area contributed by atoms with Gasteiger partial charge in [0.15, 0.2) is 0 Å². The summed E-state index contributed by atoms with van der Waals surface area (Å²) in [5, 5.41) is 12.8. The van der Waals surface area contributed by atoms with Gasteiger partial charge in [0.05, 0.1) is 11.0 Å². The molecule has 0 spiro atoms. The number of nitrogens with zero attached hydrogens (tertiary/aromatic N) is 2. The van der Waals surface area contributed by atoms with Crippen LogP contribution in [0.25, 0.3) is 11.0 Å². The fourth-order valence-electron chi connectivity index (χ4n) is 2.60. The van der Waals surface area contributed by atoms with E-state index in [2.05, 4.69) is 14.9 Å². The number of benzene rings is 1. The first-order valence-corrected chi connectivity index (χ1v) is 6.10. The SMILES string of the molecule is Cc1nc2cc(O)ccc2n1CC1CCNC1. The molecule has 0 amide bonds. The lowest BCUT2D eigenvalue weighted by molar-refractivity contribution is 0.475. The van der Waals surface area contributed by atoms with Gasteiger partial charge in [-0.15, -0.1) is 0 Å². The minimum atomic E-state index is 0.282. The Hall–Kier alpha value is -1.55. The molecule has 0 bridgehead atoms. The summed E-state index contributed by atoms with van der Waals surface area (Å²) >= 11 is 0. The highest BCUT2D eigenvalue weighted by Gasteiger charge is 2.17. The quantitative estimate of drug-likeness (QED) is 0.826. The Bertz CT molecular complexity index is 541. The highest BCUT2D eigenvalue weighted by Crippen LogP contribution is 2.23. The molecule has 1 aliphatic rings. The van der Waals surface area contributed by atoms with Crippen molar-refractivity contribution in [2.24, 2.45) is 5.92 Å². The molecule has 0 radical (unpaired) electrons. The summed E-state index contributed by atoms with van der Waals surface area (Å²) in [5.74, 6) is 2.00. The first-order valence-electron chi connectivity index (χ1n) is 6.10. The van der Waals surface area contributed by atoms with Crippen LogP contribution >= 0.6 is 0 Å². The van der Waals surface area contributed by atoms with E-state index in [0.29, 0.717) is 5.92 Å². The summed E-state index contributed by atoms with van der Waals surface area (Å²) < 4.78 is 2.26. The number of phenols is 1.